The van der Waals surface area contributed by atoms with Crippen molar-refractivity contribution in [3.05, 3.63) is 12.2 Å². The summed E-state index contributed by atoms with van der Waals surface area (Å²) in [5.41, 5.74) is 0. The number of ether oxygens (including phenoxy) is 2. The number of rotatable bonds is 49. The molecule has 0 saturated carbocycles. The minimum Gasteiger partial charge on any atom is -0.457 e. The first-order valence-electron chi connectivity index (χ1n) is 25.9. The lowest BCUT2D eigenvalue weighted by atomic mass is 10.0. The van der Waals surface area contributed by atoms with Crippen LogP contribution in [0.4, 0.5) is 0 Å². The van der Waals surface area contributed by atoms with Crippen molar-refractivity contribution in [1.82, 2.24) is 0 Å². The monoisotopic (exact) mass is 873 g/mol. The summed E-state index contributed by atoms with van der Waals surface area (Å²) in [6.45, 7) is 5.67. The molecule has 0 heterocycles. The van der Waals surface area contributed by atoms with Crippen LogP contribution < -0.4 is 0 Å². The van der Waals surface area contributed by atoms with Gasteiger partial charge in [0.1, 0.15) is 19.3 Å². The van der Waals surface area contributed by atoms with E-state index in [-0.39, 0.29) is 25.8 Å². The average molecular weight is 873 g/mol. The lowest BCUT2D eigenvalue weighted by molar-refractivity contribution is -0.870. The fraction of sp³-hybridized carbons (Fsp3) is 0.941. The Morgan fingerprint density at radius 1 is 0.500 bits per heavy atom. The van der Waals surface area contributed by atoms with E-state index in [0.717, 1.165) is 32.1 Å². The van der Waals surface area contributed by atoms with Crippen LogP contribution in [0.3, 0.4) is 0 Å². The van der Waals surface area contributed by atoms with Gasteiger partial charge in [-0.05, 0) is 38.5 Å². The summed E-state index contributed by atoms with van der Waals surface area (Å²) in [4.78, 5) is 22.9. The molecule has 0 amide bonds. The van der Waals surface area contributed by atoms with E-state index in [2.05, 4.69) is 26.0 Å². The molecule has 0 rings (SSSR count). The Bertz CT molecular complexity index is 972. The topological polar surface area (TPSA) is 91.3 Å². The molecule has 0 bridgehead atoms. The lowest BCUT2D eigenvalue weighted by Crippen LogP contribution is -2.37. The molecule has 0 spiro atoms. The molecule has 0 radical (unpaired) electrons. The number of phosphoric acid groups is 1. The maximum absolute atomic E-state index is 12.7. The highest BCUT2D eigenvalue weighted by Gasteiger charge is 2.26. The molecule has 60 heavy (non-hydrogen) atoms. The molecule has 0 aromatic carbocycles. The number of allylic oxidation sites excluding steroid dienone is 2. The Labute approximate surface area is 373 Å². The average Bonchev–Trinajstić information content (AvgIpc) is 3.20. The van der Waals surface area contributed by atoms with E-state index in [1.165, 1.54) is 199 Å². The fourth-order valence-corrected chi connectivity index (χ4v) is 8.29. The number of carbonyl (C=O) groups is 1. The Balaban J connectivity index is 3.98. The molecule has 2 unspecified atom stereocenters. The van der Waals surface area contributed by atoms with Gasteiger partial charge < -0.3 is 18.9 Å². The van der Waals surface area contributed by atoms with Gasteiger partial charge in [-0.1, -0.05) is 219 Å². The van der Waals surface area contributed by atoms with Gasteiger partial charge in [-0.3, -0.25) is 13.8 Å². The van der Waals surface area contributed by atoms with Crippen LogP contribution >= 0.6 is 7.82 Å². The third kappa shape index (κ3) is 48.3. The predicted octanol–water partition coefficient (Wildman–Crippen LogP) is 15.8. The third-order valence-electron chi connectivity index (χ3n) is 11.6. The molecular formula is C51H103NO7P+. The Hall–Kier alpha value is -0.760. The van der Waals surface area contributed by atoms with E-state index in [1.54, 1.807) is 0 Å². The van der Waals surface area contributed by atoms with Crippen molar-refractivity contribution in [1.29, 1.82) is 0 Å². The molecule has 8 nitrogen and oxygen atoms in total. The van der Waals surface area contributed by atoms with Crippen LogP contribution in [0.15, 0.2) is 12.2 Å². The molecular weight excluding hydrogens is 770 g/mol. The maximum atomic E-state index is 12.7. The van der Waals surface area contributed by atoms with Gasteiger partial charge in [0.05, 0.1) is 34.4 Å². The van der Waals surface area contributed by atoms with Gasteiger partial charge >= 0.3 is 13.8 Å². The van der Waals surface area contributed by atoms with E-state index >= 15 is 0 Å². The standard InChI is InChI=1S/C51H102NO7P/c1-6-8-10-12-14-16-18-20-21-22-23-24-25-26-27-28-29-30-31-32-33-35-37-39-41-43-46-56-48-50(49-58-60(54,55)57-47-45-52(3,4)5)59-51(53)44-42-40-38-36-34-19-17-15-13-11-9-7-2/h22-23,50H,6-21,24-49H2,1-5H3/p+1/b23-22-. The predicted molar refractivity (Wildman–Crippen MR) is 257 cm³/mol. The number of quaternary nitrogens is 1. The third-order valence-corrected chi connectivity index (χ3v) is 12.6. The first-order valence-corrected chi connectivity index (χ1v) is 27.4. The van der Waals surface area contributed by atoms with Gasteiger partial charge in [0, 0.05) is 13.0 Å². The van der Waals surface area contributed by atoms with Crippen molar-refractivity contribution in [2.75, 3.05) is 54.1 Å². The van der Waals surface area contributed by atoms with Crippen LogP contribution in [-0.4, -0.2) is 75.6 Å². The molecule has 9 heteroatoms. The minimum absolute atomic E-state index is 0.0925. The zero-order chi connectivity index (χ0) is 44.1. The number of esters is 1. The Morgan fingerprint density at radius 2 is 0.867 bits per heavy atom. The number of hydrogen-bond acceptors (Lipinski definition) is 6. The smallest absolute Gasteiger partial charge is 0.457 e. The summed E-state index contributed by atoms with van der Waals surface area (Å²) in [6.07, 6.45) is 51.2. The van der Waals surface area contributed by atoms with Crippen molar-refractivity contribution < 1.29 is 37.3 Å². The number of carbonyl (C=O) groups excluding carboxylic acids is 1. The lowest BCUT2D eigenvalue weighted by Gasteiger charge is -2.24. The van der Waals surface area contributed by atoms with Crippen LogP contribution in [-0.2, 0) is 27.9 Å². The number of nitrogens with zero attached hydrogens (tertiary/aromatic N) is 1. The van der Waals surface area contributed by atoms with Crippen LogP contribution in [0.25, 0.3) is 0 Å². The molecule has 358 valence electrons. The van der Waals surface area contributed by atoms with Crippen molar-refractivity contribution in [3.8, 4) is 0 Å². The van der Waals surface area contributed by atoms with Crippen molar-refractivity contribution in [2.24, 2.45) is 0 Å². The van der Waals surface area contributed by atoms with Crippen molar-refractivity contribution in [2.45, 2.75) is 258 Å². The van der Waals surface area contributed by atoms with Crippen molar-refractivity contribution in [3.63, 3.8) is 0 Å². The van der Waals surface area contributed by atoms with Gasteiger partial charge in [-0.25, -0.2) is 4.57 Å². The maximum Gasteiger partial charge on any atom is 0.472 e. The summed E-state index contributed by atoms with van der Waals surface area (Å²) in [7, 11) is 1.68. The van der Waals surface area contributed by atoms with Gasteiger partial charge in [0.15, 0.2) is 0 Å². The van der Waals surface area contributed by atoms with E-state index in [4.69, 9.17) is 18.5 Å². The Kier molecular flexibility index (Phi) is 44.3. The summed E-state index contributed by atoms with van der Waals surface area (Å²) >= 11 is 0. The van der Waals surface area contributed by atoms with Gasteiger partial charge in [0.2, 0.25) is 0 Å². The second kappa shape index (κ2) is 44.8. The molecule has 1 N–H and O–H groups in total. The first-order chi connectivity index (χ1) is 29.1. The number of unbranched alkanes of at least 4 members (excludes halogenated alkanes) is 33. The largest absolute Gasteiger partial charge is 0.472 e. The van der Waals surface area contributed by atoms with Crippen molar-refractivity contribution >= 4 is 13.8 Å². The zero-order valence-electron chi connectivity index (χ0n) is 40.7. The second-order valence-electron chi connectivity index (χ2n) is 18.9. The molecule has 0 aliphatic heterocycles. The Morgan fingerprint density at radius 3 is 1.27 bits per heavy atom. The summed E-state index contributed by atoms with van der Waals surface area (Å²) < 4.78 is 35.1. The van der Waals surface area contributed by atoms with Crippen LogP contribution in [0, 0.1) is 0 Å². The highest BCUT2D eigenvalue weighted by molar-refractivity contribution is 7.47. The molecule has 0 aromatic heterocycles. The highest BCUT2D eigenvalue weighted by atomic mass is 31.2. The van der Waals surface area contributed by atoms with E-state index in [0.29, 0.717) is 24.1 Å². The quantitative estimate of drug-likeness (QED) is 0.0214. The second-order valence-corrected chi connectivity index (χ2v) is 20.4. The van der Waals surface area contributed by atoms with Crippen LogP contribution in [0.1, 0.15) is 251 Å². The van der Waals surface area contributed by atoms with Crippen LogP contribution in [0.5, 0.6) is 0 Å². The van der Waals surface area contributed by atoms with E-state index < -0.39 is 13.9 Å². The molecule has 0 aliphatic rings. The van der Waals surface area contributed by atoms with Gasteiger partial charge in [-0.2, -0.15) is 0 Å². The number of phosphoric ester groups is 1. The summed E-state index contributed by atoms with van der Waals surface area (Å²) in [5.74, 6) is -0.309. The number of hydrogen-bond donors (Lipinski definition) is 1. The van der Waals surface area contributed by atoms with Gasteiger partial charge in [0.25, 0.3) is 0 Å². The molecule has 2 atom stereocenters. The fourth-order valence-electron chi connectivity index (χ4n) is 7.55. The summed E-state index contributed by atoms with van der Waals surface area (Å²) in [6, 6.07) is 0. The molecule has 0 fully saturated rings. The molecule has 0 aliphatic carbocycles. The SMILES string of the molecule is CCCCCCCCCC/C=C\CCCCCCCCCCCCCCCCOCC(COP(=O)(O)OCC[N+](C)(C)C)OC(=O)CCCCCCCCCCCCCC. The highest BCUT2D eigenvalue weighted by Crippen LogP contribution is 2.43. The normalized spacial score (nSPS) is 13.6. The van der Waals surface area contributed by atoms with E-state index in [9.17, 15) is 14.3 Å². The minimum atomic E-state index is -4.27. The first kappa shape index (κ1) is 59.2. The van der Waals surface area contributed by atoms with Crippen LogP contribution in [0.2, 0.25) is 0 Å². The molecule has 0 saturated heterocycles. The molecule has 0 aromatic rings. The van der Waals surface area contributed by atoms with Gasteiger partial charge in [-0.15, -0.1) is 0 Å². The summed E-state index contributed by atoms with van der Waals surface area (Å²) in [5, 5.41) is 0. The number of likely N-dealkylation sites (N-methyl/N-ethyl adjacent to an activating group) is 1. The van der Waals surface area contributed by atoms with E-state index in [1.807, 2.05) is 21.1 Å². The zero-order valence-corrected chi connectivity index (χ0v) is 41.6.